The highest BCUT2D eigenvalue weighted by molar-refractivity contribution is 8.03. The fraction of sp³-hybridized carbons (Fsp3) is 0.545. The van der Waals surface area contributed by atoms with E-state index in [9.17, 15) is 10.1 Å². The zero-order valence-electron chi connectivity index (χ0n) is 18.2. The van der Waals surface area contributed by atoms with E-state index in [0.29, 0.717) is 41.9 Å². The summed E-state index contributed by atoms with van der Waals surface area (Å²) >= 11 is 1.40. The number of ether oxygens (including phenoxy) is 4. The van der Waals surface area contributed by atoms with Crippen molar-refractivity contribution in [2.75, 3.05) is 59.4 Å². The number of allylic oxidation sites excluding steroid dienone is 1. The van der Waals surface area contributed by atoms with Crippen LogP contribution in [0.1, 0.15) is 18.1 Å². The van der Waals surface area contributed by atoms with Crippen LogP contribution in [-0.2, 0) is 20.7 Å². The third-order valence-corrected chi connectivity index (χ3v) is 6.34. The largest absolute Gasteiger partial charge is 0.493 e. The van der Waals surface area contributed by atoms with Crippen molar-refractivity contribution in [1.29, 1.82) is 5.26 Å². The summed E-state index contributed by atoms with van der Waals surface area (Å²) in [5, 5.41) is 13.3. The van der Waals surface area contributed by atoms with E-state index in [4.69, 9.17) is 18.9 Å². The molecule has 0 saturated carbocycles. The zero-order chi connectivity index (χ0) is 22.2. The Morgan fingerprint density at radius 1 is 1.29 bits per heavy atom. The first kappa shape index (κ1) is 23.3. The van der Waals surface area contributed by atoms with E-state index in [2.05, 4.69) is 16.3 Å². The van der Waals surface area contributed by atoms with Crippen molar-refractivity contribution < 1.29 is 23.7 Å². The van der Waals surface area contributed by atoms with Crippen LogP contribution < -0.4 is 14.8 Å². The van der Waals surface area contributed by atoms with Gasteiger partial charge in [-0.15, -0.1) is 11.8 Å². The van der Waals surface area contributed by atoms with Gasteiger partial charge in [-0.25, -0.2) is 0 Å². The van der Waals surface area contributed by atoms with Gasteiger partial charge in [0.2, 0.25) is 0 Å². The molecule has 0 amide bonds. The summed E-state index contributed by atoms with van der Waals surface area (Å²) in [6.45, 7) is 5.75. The van der Waals surface area contributed by atoms with Gasteiger partial charge in [0.15, 0.2) is 11.5 Å². The lowest BCUT2D eigenvalue weighted by atomic mass is 9.97. The molecule has 9 heteroatoms. The molecule has 0 aromatic heterocycles. The number of hydrogen-bond donors (Lipinski definition) is 1. The molecule has 1 aromatic rings. The van der Waals surface area contributed by atoms with Gasteiger partial charge in [-0.05, 0) is 24.1 Å². The SMILES string of the molecule is COc1cc2c(cc1OC)C(=C(C#N)SCC(CN1CCOCC1)OC(C)=O)NCC2. The number of methoxy groups -OCH3 is 2. The number of benzene rings is 1. The van der Waals surface area contributed by atoms with Crippen LogP contribution in [0.3, 0.4) is 0 Å². The second kappa shape index (κ2) is 11.3. The van der Waals surface area contributed by atoms with Crippen molar-refractivity contribution in [3.63, 3.8) is 0 Å². The summed E-state index contributed by atoms with van der Waals surface area (Å²) < 4.78 is 21.8. The lowest BCUT2D eigenvalue weighted by Gasteiger charge is -2.30. The van der Waals surface area contributed by atoms with E-state index in [1.165, 1.54) is 18.7 Å². The molecule has 1 saturated heterocycles. The predicted octanol–water partition coefficient (Wildman–Crippen LogP) is 2.04. The Hall–Kier alpha value is -2.41. The minimum Gasteiger partial charge on any atom is -0.493 e. The number of thioether (sulfide) groups is 1. The maximum Gasteiger partial charge on any atom is 0.302 e. The van der Waals surface area contributed by atoms with Crippen LogP contribution in [0, 0.1) is 11.3 Å². The number of nitrogens with zero attached hydrogens (tertiary/aromatic N) is 2. The number of esters is 1. The number of rotatable bonds is 8. The van der Waals surface area contributed by atoms with Gasteiger partial charge < -0.3 is 24.3 Å². The molecule has 1 aromatic carbocycles. The monoisotopic (exact) mass is 447 g/mol. The van der Waals surface area contributed by atoms with Gasteiger partial charge in [-0.2, -0.15) is 5.26 Å². The number of hydrogen-bond acceptors (Lipinski definition) is 9. The van der Waals surface area contributed by atoms with Crippen molar-refractivity contribution in [1.82, 2.24) is 10.2 Å². The van der Waals surface area contributed by atoms with Crippen LogP contribution in [0.5, 0.6) is 11.5 Å². The van der Waals surface area contributed by atoms with Crippen molar-refractivity contribution in [2.24, 2.45) is 0 Å². The van der Waals surface area contributed by atoms with Crippen molar-refractivity contribution in [3.05, 3.63) is 28.2 Å². The molecule has 2 aliphatic heterocycles. The smallest absolute Gasteiger partial charge is 0.302 e. The molecular weight excluding hydrogens is 418 g/mol. The van der Waals surface area contributed by atoms with E-state index in [0.717, 1.165) is 42.9 Å². The molecule has 0 aliphatic carbocycles. The Morgan fingerprint density at radius 3 is 2.65 bits per heavy atom. The molecule has 3 rings (SSSR count). The standard InChI is InChI=1S/C22H29N3O5S/c1-15(26)30-17(13-25-6-8-29-9-7-25)14-31-21(12-23)22-18-11-20(28-3)19(27-2)10-16(18)4-5-24-22/h10-11,17,24H,4-9,13-14H2,1-3H3. The maximum atomic E-state index is 11.6. The Morgan fingerprint density at radius 2 is 2.00 bits per heavy atom. The Kier molecular flexibility index (Phi) is 8.46. The van der Waals surface area contributed by atoms with Crippen LogP contribution in [0.15, 0.2) is 17.0 Å². The molecule has 1 N–H and O–H groups in total. The highest BCUT2D eigenvalue weighted by atomic mass is 32.2. The maximum absolute atomic E-state index is 11.6. The topological polar surface area (TPSA) is 93.1 Å². The average Bonchev–Trinajstić information content (AvgIpc) is 2.78. The minimum absolute atomic E-state index is 0.307. The fourth-order valence-electron chi connectivity index (χ4n) is 3.75. The summed E-state index contributed by atoms with van der Waals surface area (Å²) in [6, 6.07) is 6.20. The highest BCUT2D eigenvalue weighted by Gasteiger charge is 2.24. The lowest BCUT2D eigenvalue weighted by molar-refractivity contribution is -0.146. The summed E-state index contributed by atoms with van der Waals surface area (Å²) in [4.78, 5) is 14.4. The van der Waals surface area contributed by atoms with Gasteiger partial charge in [-0.1, -0.05) is 0 Å². The Labute approximate surface area is 187 Å². The van der Waals surface area contributed by atoms with E-state index in [-0.39, 0.29) is 12.1 Å². The normalized spacial score (nSPS) is 18.8. The number of carbonyl (C=O) groups excluding carboxylic acids is 1. The molecule has 2 heterocycles. The highest BCUT2D eigenvalue weighted by Crippen LogP contribution is 2.37. The molecule has 1 unspecified atom stereocenters. The number of nitrogens with one attached hydrogen (secondary N) is 1. The van der Waals surface area contributed by atoms with E-state index >= 15 is 0 Å². The Balaban J connectivity index is 1.80. The summed E-state index contributed by atoms with van der Waals surface area (Å²) in [7, 11) is 3.21. The van der Waals surface area contributed by atoms with E-state index in [1.54, 1.807) is 14.2 Å². The van der Waals surface area contributed by atoms with Gasteiger partial charge in [0, 0.05) is 44.4 Å². The van der Waals surface area contributed by atoms with Crippen LogP contribution in [-0.4, -0.2) is 76.3 Å². The molecule has 1 fully saturated rings. The van der Waals surface area contributed by atoms with Crippen molar-refractivity contribution >= 4 is 23.4 Å². The second-order valence-electron chi connectivity index (χ2n) is 7.31. The first-order valence-corrected chi connectivity index (χ1v) is 11.3. The van der Waals surface area contributed by atoms with Gasteiger partial charge in [0.25, 0.3) is 0 Å². The van der Waals surface area contributed by atoms with E-state index < -0.39 is 0 Å². The number of carbonyl (C=O) groups is 1. The summed E-state index contributed by atoms with van der Waals surface area (Å²) in [5.74, 6) is 1.47. The summed E-state index contributed by atoms with van der Waals surface area (Å²) in [5.41, 5.74) is 2.82. The average molecular weight is 448 g/mol. The number of nitriles is 1. The predicted molar refractivity (Wildman–Crippen MR) is 119 cm³/mol. The molecule has 0 spiro atoms. The van der Waals surface area contributed by atoms with Gasteiger partial charge in [-0.3, -0.25) is 9.69 Å². The molecule has 8 nitrogen and oxygen atoms in total. The van der Waals surface area contributed by atoms with Crippen LogP contribution in [0.25, 0.3) is 5.70 Å². The molecule has 0 bridgehead atoms. The number of fused-ring (bicyclic) bond motifs is 1. The first-order chi connectivity index (χ1) is 15.0. The van der Waals surface area contributed by atoms with Crippen LogP contribution >= 0.6 is 11.8 Å². The molecule has 1 atom stereocenters. The van der Waals surface area contributed by atoms with Crippen LogP contribution in [0.4, 0.5) is 0 Å². The van der Waals surface area contributed by atoms with Gasteiger partial charge in [0.1, 0.15) is 17.1 Å². The molecule has 2 aliphatic rings. The lowest BCUT2D eigenvalue weighted by Crippen LogP contribution is -2.42. The fourth-order valence-corrected chi connectivity index (χ4v) is 4.66. The zero-order valence-corrected chi connectivity index (χ0v) is 19.0. The third-order valence-electron chi connectivity index (χ3n) is 5.22. The van der Waals surface area contributed by atoms with Crippen LogP contribution in [0.2, 0.25) is 0 Å². The van der Waals surface area contributed by atoms with E-state index in [1.807, 2.05) is 12.1 Å². The Bertz CT molecular complexity index is 861. The molecule has 0 radical (unpaired) electrons. The van der Waals surface area contributed by atoms with Crippen molar-refractivity contribution in [2.45, 2.75) is 19.4 Å². The molecule has 31 heavy (non-hydrogen) atoms. The van der Waals surface area contributed by atoms with Gasteiger partial charge in [0.05, 0.1) is 33.1 Å². The molecular formula is C22H29N3O5S. The molecule has 168 valence electrons. The second-order valence-corrected chi connectivity index (χ2v) is 8.34. The summed E-state index contributed by atoms with van der Waals surface area (Å²) in [6.07, 6.45) is 0.522. The number of morpholine rings is 1. The minimum atomic E-state index is -0.317. The third kappa shape index (κ3) is 6.06. The quantitative estimate of drug-likeness (QED) is 0.475. The van der Waals surface area contributed by atoms with Gasteiger partial charge >= 0.3 is 5.97 Å². The van der Waals surface area contributed by atoms with Crippen molar-refractivity contribution in [3.8, 4) is 17.6 Å². The first-order valence-electron chi connectivity index (χ1n) is 10.3.